The molecule has 1 aromatic carbocycles. The molecule has 0 spiro atoms. The molecule has 0 bridgehead atoms. The molecule has 98 valence electrons. The number of benzene rings is 1. The number of hydrogen-bond donors (Lipinski definition) is 1. The summed E-state index contributed by atoms with van der Waals surface area (Å²) in [6.45, 7) is 5.59. The molecule has 0 fully saturated rings. The van der Waals surface area contributed by atoms with Crippen molar-refractivity contribution in [2.45, 2.75) is 45.3 Å². The summed E-state index contributed by atoms with van der Waals surface area (Å²) in [5.74, 6) is -0.127. The van der Waals surface area contributed by atoms with Crippen LogP contribution in [0.15, 0.2) is 24.3 Å². The predicted octanol–water partition coefficient (Wildman–Crippen LogP) is 2.07. The summed E-state index contributed by atoms with van der Waals surface area (Å²) in [5, 5.41) is 0. The van der Waals surface area contributed by atoms with Crippen LogP contribution in [0.4, 0.5) is 0 Å². The largest absolute Gasteiger partial charge is 0.459 e. The SMILES string of the molecule is CC(C)(C)OC(=O)C(N)C1Cc2ccccc2C1. The van der Waals surface area contributed by atoms with E-state index in [0.29, 0.717) is 0 Å². The van der Waals surface area contributed by atoms with Gasteiger partial charge in [0, 0.05) is 0 Å². The molecular weight excluding hydrogens is 226 g/mol. The third kappa shape index (κ3) is 2.91. The molecule has 18 heavy (non-hydrogen) atoms. The number of carbonyl (C=O) groups is 1. The van der Waals surface area contributed by atoms with Crippen molar-refractivity contribution in [2.75, 3.05) is 0 Å². The molecule has 0 aliphatic heterocycles. The van der Waals surface area contributed by atoms with Gasteiger partial charge in [0.15, 0.2) is 0 Å². The van der Waals surface area contributed by atoms with E-state index in [-0.39, 0.29) is 11.9 Å². The molecule has 1 aliphatic rings. The van der Waals surface area contributed by atoms with Gasteiger partial charge < -0.3 is 10.5 Å². The molecular formula is C15H21NO2. The highest BCUT2D eigenvalue weighted by Gasteiger charge is 2.33. The molecule has 1 aromatic rings. The number of esters is 1. The Bertz CT molecular complexity index is 423. The average Bonchev–Trinajstić information content (AvgIpc) is 2.68. The molecule has 0 radical (unpaired) electrons. The quantitative estimate of drug-likeness (QED) is 0.814. The van der Waals surface area contributed by atoms with E-state index >= 15 is 0 Å². The van der Waals surface area contributed by atoms with Crippen molar-refractivity contribution in [3.63, 3.8) is 0 Å². The molecule has 1 unspecified atom stereocenters. The molecule has 3 nitrogen and oxygen atoms in total. The summed E-state index contributed by atoms with van der Waals surface area (Å²) in [6, 6.07) is 7.74. The van der Waals surface area contributed by atoms with Crippen LogP contribution < -0.4 is 5.73 Å². The minimum atomic E-state index is -0.531. The van der Waals surface area contributed by atoms with E-state index in [2.05, 4.69) is 12.1 Å². The smallest absolute Gasteiger partial charge is 0.323 e. The Morgan fingerprint density at radius 1 is 1.28 bits per heavy atom. The van der Waals surface area contributed by atoms with Crippen LogP contribution in [0.3, 0.4) is 0 Å². The van der Waals surface area contributed by atoms with Gasteiger partial charge in [0.25, 0.3) is 0 Å². The lowest BCUT2D eigenvalue weighted by Crippen LogP contribution is -2.42. The van der Waals surface area contributed by atoms with Crippen molar-refractivity contribution in [1.82, 2.24) is 0 Å². The molecule has 2 rings (SSSR count). The van der Waals surface area contributed by atoms with Gasteiger partial charge in [-0.15, -0.1) is 0 Å². The topological polar surface area (TPSA) is 52.3 Å². The molecule has 0 aromatic heterocycles. The van der Waals surface area contributed by atoms with Crippen molar-refractivity contribution in [3.8, 4) is 0 Å². The molecule has 0 amide bonds. The zero-order valence-electron chi connectivity index (χ0n) is 11.3. The summed E-state index contributed by atoms with van der Waals surface area (Å²) in [6.07, 6.45) is 1.74. The van der Waals surface area contributed by atoms with Crippen LogP contribution in [0, 0.1) is 5.92 Å². The van der Waals surface area contributed by atoms with Crippen LogP contribution in [-0.4, -0.2) is 17.6 Å². The van der Waals surface area contributed by atoms with E-state index in [1.165, 1.54) is 11.1 Å². The minimum absolute atomic E-state index is 0.164. The van der Waals surface area contributed by atoms with Crippen molar-refractivity contribution >= 4 is 5.97 Å². The first-order valence-corrected chi connectivity index (χ1v) is 6.42. The highest BCUT2D eigenvalue weighted by molar-refractivity contribution is 5.76. The Hall–Kier alpha value is -1.35. The molecule has 2 N–H and O–H groups in total. The van der Waals surface area contributed by atoms with Crippen LogP contribution in [0.1, 0.15) is 31.9 Å². The van der Waals surface area contributed by atoms with Crippen molar-refractivity contribution in [3.05, 3.63) is 35.4 Å². The second-order valence-electron chi connectivity index (χ2n) is 6.00. The van der Waals surface area contributed by atoms with Gasteiger partial charge in [0.2, 0.25) is 0 Å². The lowest BCUT2D eigenvalue weighted by Gasteiger charge is -2.24. The molecule has 0 saturated heterocycles. The van der Waals surface area contributed by atoms with Crippen LogP contribution in [-0.2, 0) is 22.4 Å². The van der Waals surface area contributed by atoms with E-state index in [9.17, 15) is 4.79 Å². The van der Waals surface area contributed by atoms with Crippen LogP contribution in [0.2, 0.25) is 0 Å². The third-order valence-electron chi connectivity index (χ3n) is 3.27. The van der Waals surface area contributed by atoms with E-state index in [1.807, 2.05) is 32.9 Å². The molecule has 0 heterocycles. The Kier molecular flexibility index (Phi) is 3.44. The van der Waals surface area contributed by atoms with Gasteiger partial charge in [-0.05, 0) is 50.7 Å². The summed E-state index contributed by atoms with van der Waals surface area (Å²) in [4.78, 5) is 11.9. The van der Waals surface area contributed by atoms with Crippen LogP contribution >= 0.6 is 0 Å². The lowest BCUT2D eigenvalue weighted by atomic mass is 9.97. The van der Waals surface area contributed by atoms with Crippen LogP contribution in [0.5, 0.6) is 0 Å². The Morgan fingerprint density at radius 3 is 2.22 bits per heavy atom. The number of hydrogen-bond acceptors (Lipinski definition) is 3. The first kappa shape index (κ1) is 13.1. The zero-order chi connectivity index (χ0) is 13.3. The van der Waals surface area contributed by atoms with Gasteiger partial charge in [-0.1, -0.05) is 24.3 Å². The number of rotatable bonds is 2. The van der Waals surface area contributed by atoms with Crippen molar-refractivity contribution in [1.29, 1.82) is 0 Å². The fraction of sp³-hybridized carbons (Fsp3) is 0.533. The van der Waals surface area contributed by atoms with Gasteiger partial charge >= 0.3 is 5.97 Å². The molecule has 1 aliphatic carbocycles. The lowest BCUT2D eigenvalue weighted by molar-refractivity contribution is -0.157. The fourth-order valence-electron chi connectivity index (χ4n) is 2.41. The summed E-state index contributed by atoms with van der Waals surface area (Å²) in [5.41, 5.74) is 8.18. The highest BCUT2D eigenvalue weighted by atomic mass is 16.6. The Labute approximate surface area is 108 Å². The number of fused-ring (bicyclic) bond motifs is 1. The number of nitrogens with two attached hydrogens (primary N) is 1. The molecule has 1 atom stereocenters. The van der Waals surface area contributed by atoms with Gasteiger partial charge in [-0.2, -0.15) is 0 Å². The predicted molar refractivity (Wildman–Crippen MR) is 71.2 cm³/mol. The Balaban J connectivity index is 2.01. The third-order valence-corrected chi connectivity index (χ3v) is 3.27. The fourth-order valence-corrected chi connectivity index (χ4v) is 2.41. The highest BCUT2D eigenvalue weighted by Crippen LogP contribution is 2.28. The maximum absolute atomic E-state index is 11.9. The van der Waals surface area contributed by atoms with Gasteiger partial charge in [0.1, 0.15) is 11.6 Å². The van der Waals surface area contributed by atoms with Crippen molar-refractivity contribution in [2.24, 2.45) is 11.7 Å². The molecule has 3 heteroatoms. The van der Waals surface area contributed by atoms with Crippen molar-refractivity contribution < 1.29 is 9.53 Å². The van der Waals surface area contributed by atoms with E-state index in [4.69, 9.17) is 10.5 Å². The summed E-state index contributed by atoms with van der Waals surface area (Å²) >= 11 is 0. The first-order valence-electron chi connectivity index (χ1n) is 6.42. The average molecular weight is 247 g/mol. The molecule has 0 saturated carbocycles. The van der Waals surface area contributed by atoms with Gasteiger partial charge in [0.05, 0.1) is 0 Å². The Morgan fingerprint density at radius 2 is 1.78 bits per heavy atom. The second kappa shape index (κ2) is 4.73. The zero-order valence-corrected chi connectivity index (χ0v) is 11.3. The van der Waals surface area contributed by atoms with Gasteiger partial charge in [-0.25, -0.2) is 0 Å². The minimum Gasteiger partial charge on any atom is -0.459 e. The normalized spacial score (nSPS) is 17.3. The van der Waals surface area contributed by atoms with Gasteiger partial charge in [-0.3, -0.25) is 4.79 Å². The second-order valence-corrected chi connectivity index (χ2v) is 6.00. The summed E-state index contributed by atoms with van der Waals surface area (Å²) < 4.78 is 5.35. The summed E-state index contributed by atoms with van der Waals surface area (Å²) in [7, 11) is 0. The maximum Gasteiger partial charge on any atom is 0.323 e. The van der Waals surface area contributed by atoms with E-state index in [0.717, 1.165) is 12.8 Å². The van der Waals surface area contributed by atoms with E-state index < -0.39 is 11.6 Å². The standard InChI is InChI=1S/C15H21NO2/c1-15(2,3)18-14(17)13(16)12-8-10-6-4-5-7-11(10)9-12/h4-7,12-13H,8-9,16H2,1-3H3. The number of ether oxygens (including phenoxy) is 1. The first-order chi connectivity index (χ1) is 8.37. The maximum atomic E-state index is 11.9. The monoisotopic (exact) mass is 247 g/mol. The van der Waals surface area contributed by atoms with E-state index in [1.54, 1.807) is 0 Å². The van der Waals surface area contributed by atoms with Crippen LogP contribution in [0.25, 0.3) is 0 Å². The number of carbonyl (C=O) groups excluding carboxylic acids is 1.